The lowest BCUT2D eigenvalue weighted by Crippen LogP contribution is -2.09. The summed E-state index contributed by atoms with van der Waals surface area (Å²) in [6.45, 7) is 2.47. The van der Waals surface area contributed by atoms with Gasteiger partial charge in [0.25, 0.3) is 0 Å². The summed E-state index contributed by atoms with van der Waals surface area (Å²) < 4.78 is 13.2. The van der Waals surface area contributed by atoms with Gasteiger partial charge in [-0.05, 0) is 43.0 Å². The molecule has 6 nitrogen and oxygen atoms in total. The molecule has 0 atom stereocenters. The third kappa shape index (κ3) is 2.90. The SMILES string of the molecule is CCn1c(Sc2coc3cccc(OCC(=O)O)c23)nc2ccccc21. The lowest BCUT2D eigenvalue weighted by Gasteiger charge is -2.07. The highest BCUT2D eigenvalue weighted by Crippen LogP contribution is 2.40. The van der Waals surface area contributed by atoms with Crippen molar-refractivity contribution >= 4 is 39.7 Å². The van der Waals surface area contributed by atoms with Gasteiger partial charge in [-0.15, -0.1) is 0 Å². The number of benzene rings is 2. The molecule has 1 N–H and O–H groups in total. The molecule has 0 saturated carbocycles. The number of para-hydroxylation sites is 2. The Morgan fingerprint density at radius 3 is 2.92 bits per heavy atom. The lowest BCUT2D eigenvalue weighted by atomic mass is 10.2. The Hall–Kier alpha value is -2.93. The molecule has 26 heavy (non-hydrogen) atoms. The van der Waals surface area contributed by atoms with Gasteiger partial charge in [-0.2, -0.15) is 0 Å². The number of aromatic nitrogens is 2. The van der Waals surface area contributed by atoms with Crippen LogP contribution < -0.4 is 4.74 Å². The molecule has 4 rings (SSSR count). The monoisotopic (exact) mass is 368 g/mol. The van der Waals surface area contributed by atoms with Crippen molar-refractivity contribution in [1.82, 2.24) is 9.55 Å². The number of hydrogen-bond acceptors (Lipinski definition) is 5. The smallest absolute Gasteiger partial charge is 0.341 e. The first kappa shape index (κ1) is 16.5. The number of imidazole rings is 1. The molecule has 0 aliphatic rings. The molecule has 2 aromatic heterocycles. The standard InChI is InChI=1S/C19H16N2O4S/c1-2-21-13-7-4-3-6-12(13)20-19(21)26-16-10-24-14-8-5-9-15(18(14)16)25-11-17(22)23/h3-10H,2,11H2,1H3,(H,22,23). The van der Waals surface area contributed by atoms with Gasteiger partial charge in [0.2, 0.25) is 0 Å². The molecule has 0 aliphatic heterocycles. The minimum Gasteiger partial charge on any atom is -0.481 e. The second-order valence-corrected chi connectivity index (χ2v) is 6.65. The predicted molar refractivity (Wildman–Crippen MR) is 98.9 cm³/mol. The third-order valence-corrected chi connectivity index (χ3v) is 5.03. The van der Waals surface area contributed by atoms with Crippen LogP contribution in [0, 0.1) is 0 Å². The fourth-order valence-electron chi connectivity index (χ4n) is 2.90. The van der Waals surface area contributed by atoms with Gasteiger partial charge in [0.1, 0.15) is 17.6 Å². The molecule has 2 heterocycles. The first-order chi connectivity index (χ1) is 12.7. The summed E-state index contributed by atoms with van der Waals surface area (Å²) in [5.41, 5.74) is 2.66. The summed E-state index contributed by atoms with van der Waals surface area (Å²) in [7, 11) is 0. The molecule has 4 aromatic rings. The number of carboxylic acid groups (broad SMARTS) is 1. The van der Waals surface area contributed by atoms with Crippen molar-refractivity contribution in [2.24, 2.45) is 0 Å². The van der Waals surface area contributed by atoms with E-state index in [1.807, 2.05) is 30.3 Å². The van der Waals surface area contributed by atoms with E-state index in [9.17, 15) is 4.79 Å². The number of fused-ring (bicyclic) bond motifs is 2. The number of rotatable bonds is 6. The largest absolute Gasteiger partial charge is 0.481 e. The maximum Gasteiger partial charge on any atom is 0.341 e. The number of aryl methyl sites for hydroxylation is 1. The quantitative estimate of drug-likeness (QED) is 0.543. The molecule has 0 bridgehead atoms. The number of carboxylic acids is 1. The number of nitrogens with zero attached hydrogens (tertiary/aromatic N) is 2. The van der Waals surface area contributed by atoms with Crippen LogP contribution in [0.2, 0.25) is 0 Å². The van der Waals surface area contributed by atoms with Crippen LogP contribution in [0.4, 0.5) is 0 Å². The number of ether oxygens (including phenoxy) is 1. The Morgan fingerprint density at radius 1 is 1.27 bits per heavy atom. The summed E-state index contributed by atoms with van der Waals surface area (Å²) in [5, 5.41) is 10.5. The molecule has 132 valence electrons. The first-order valence-corrected chi connectivity index (χ1v) is 8.97. The third-order valence-electron chi connectivity index (χ3n) is 4.02. The van der Waals surface area contributed by atoms with Gasteiger partial charge in [0, 0.05) is 6.54 Å². The van der Waals surface area contributed by atoms with Crippen LogP contribution in [-0.2, 0) is 11.3 Å². The van der Waals surface area contributed by atoms with Gasteiger partial charge < -0.3 is 18.8 Å². The second kappa shape index (κ2) is 6.76. The zero-order valence-corrected chi connectivity index (χ0v) is 14.8. The Kier molecular flexibility index (Phi) is 4.30. The molecule has 2 aromatic carbocycles. The number of carbonyl (C=O) groups is 1. The van der Waals surface area contributed by atoms with Crippen LogP contribution in [-0.4, -0.2) is 27.2 Å². The molecule has 0 amide bonds. The van der Waals surface area contributed by atoms with Crippen LogP contribution in [0.5, 0.6) is 5.75 Å². The van der Waals surface area contributed by atoms with Crippen molar-refractivity contribution in [3.8, 4) is 5.75 Å². The number of furan rings is 1. The fourth-order valence-corrected chi connectivity index (χ4v) is 3.98. The summed E-state index contributed by atoms with van der Waals surface area (Å²) in [6, 6.07) is 13.3. The predicted octanol–water partition coefficient (Wildman–Crippen LogP) is 4.42. The Bertz CT molecular complexity index is 1100. The highest BCUT2D eigenvalue weighted by molar-refractivity contribution is 7.99. The van der Waals surface area contributed by atoms with E-state index in [0.29, 0.717) is 11.3 Å². The van der Waals surface area contributed by atoms with E-state index in [4.69, 9.17) is 19.2 Å². The zero-order chi connectivity index (χ0) is 18.1. The van der Waals surface area contributed by atoms with Crippen LogP contribution in [0.1, 0.15) is 6.92 Å². The maximum atomic E-state index is 10.8. The van der Waals surface area contributed by atoms with E-state index in [0.717, 1.165) is 33.0 Å². The molecular weight excluding hydrogens is 352 g/mol. The highest BCUT2D eigenvalue weighted by Gasteiger charge is 2.17. The molecule has 0 aliphatic carbocycles. The van der Waals surface area contributed by atoms with Gasteiger partial charge in [0.05, 0.1) is 21.3 Å². The van der Waals surface area contributed by atoms with Crippen LogP contribution >= 0.6 is 11.8 Å². The number of aliphatic carboxylic acids is 1. The van der Waals surface area contributed by atoms with Gasteiger partial charge in [0.15, 0.2) is 11.8 Å². The zero-order valence-electron chi connectivity index (χ0n) is 14.0. The first-order valence-electron chi connectivity index (χ1n) is 8.15. The van der Waals surface area contributed by atoms with Gasteiger partial charge >= 0.3 is 5.97 Å². The van der Waals surface area contributed by atoms with E-state index < -0.39 is 12.6 Å². The topological polar surface area (TPSA) is 77.5 Å². The van der Waals surface area contributed by atoms with E-state index in [-0.39, 0.29) is 0 Å². The number of hydrogen-bond donors (Lipinski definition) is 1. The van der Waals surface area contributed by atoms with Crippen molar-refractivity contribution in [2.75, 3.05) is 6.61 Å². The molecular formula is C19H16N2O4S. The van der Waals surface area contributed by atoms with E-state index in [1.165, 1.54) is 11.8 Å². The van der Waals surface area contributed by atoms with E-state index in [2.05, 4.69) is 11.5 Å². The summed E-state index contributed by atoms with van der Waals surface area (Å²) in [4.78, 5) is 16.4. The fraction of sp³-hybridized carbons (Fsp3) is 0.158. The summed E-state index contributed by atoms with van der Waals surface area (Å²) in [6.07, 6.45) is 1.66. The van der Waals surface area contributed by atoms with Crippen LogP contribution in [0.25, 0.3) is 22.0 Å². The molecule has 0 unspecified atom stereocenters. The Balaban J connectivity index is 1.77. The lowest BCUT2D eigenvalue weighted by molar-refractivity contribution is -0.139. The Morgan fingerprint density at radius 2 is 2.12 bits per heavy atom. The Labute approximate surface area is 153 Å². The van der Waals surface area contributed by atoms with Crippen molar-refractivity contribution < 1.29 is 19.1 Å². The maximum absolute atomic E-state index is 10.8. The van der Waals surface area contributed by atoms with E-state index >= 15 is 0 Å². The van der Waals surface area contributed by atoms with E-state index in [1.54, 1.807) is 18.4 Å². The van der Waals surface area contributed by atoms with Crippen LogP contribution in [0.15, 0.2) is 63.2 Å². The van der Waals surface area contributed by atoms with Crippen LogP contribution in [0.3, 0.4) is 0 Å². The molecule has 0 radical (unpaired) electrons. The van der Waals surface area contributed by atoms with Crippen molar-refractivity contribution in [2.45, 2.75) is 23.5 Å². The van der Waals surface area contributed by atoms with Crippen molar-refractivity contribution in [1.29, 1.82) is 0 Å². The van der Waals surface area contributed by atoms with Crippen molar-refractivity contribution in [3.63, 3.8) is 0 Å². The van der Waals surface area contributed by atoms with Gasteiger partial charge in [-0.25, -0.2) is 9.78 Å². The van der Waals surface area contributed by atoms with Gasteiger partial charge in [-0.1, -0.05) is 18.2 Å². The minimum atomic E-state index is -1.02. The molecule has 0 fully saturated rings. The summed E-state index contributed by atoms with van der Waals surface area (Å²) in [5.74, 6) is -0.534. The second-order valence-electron chi connectivity index (χ2n) is 5.64. The minimum absolute atomic E-state index is 0.401. The molecule has 7 heteroatoms. The van der Waals surface area contributed by atoms with Crippen molar-refractivity contribution in [3.05, 3.63) is 48.7 Å². The highest BCUT2D eigenvalue weighted by atomic mass is 32.2. The average Bonchev–Trinajstić information content (AvgIpc) is 3.21. The average molecular weight is 368 g/mol. The molecule has 0 saturated heterocycles. The normalized spacial score (nSPS) is 11.3. The summed E-state index contributed by atoms with van der Waals surface area (Å²) >= 11 is 1.48. The molecule has 0 spiro atoms. The van der Waals surface area contributed by atoms with Gasteiger partial charge in [-0.3, -0.25) is 0 Å².